The van der Waals surface area contributed by atoms with Crippen LogP contribution in [0.4, 0.5) is 0 Å². The van der Waals surface area contributed by atoms with Gasteiger partial charge in [-0.3, -0.25) is 14.2 Å². The van der Waals surface area contributed by atoms with Gasteiger partial charge in [0.15, 0.2) is 6.10 Å². The molecule has 312 valence electrons. The maximum absolute atomic E-state index is 12.6. The molecule has 0 aromatic rings. The zero-order valence-electron chi connectivity index (χ0n) is 34.8. The average molecular weight is 788 g/mol. The molecule has 0 N–H and O–H groups in total. The number of esters is 2. The maximum atomic E-state index is 12.6. The molecule has 0 saturated heterocycles. The molecule has 0 aliphatic rings. The van der Waals surface area contributed by atoms with Gasteiger partial charge in [-0.15, -0.1) is 0 Å². The predicted octanol–water partition coefficient (Wildman–Crippen LogP) is 10.8. The molecule has 0 saturated carbocycles. The van der Waals surface area contributed by atoms with E-state index < -0.39 is 32.5 Å². The molecule has 0 amide bonds. The van der Waals surface area contributed by atoms with Gasteiger partial charge in [-0.2, -0.15) is 0 Å². The summed E-state index contributed by atoms with van der Waals surface area (Å²) in [5.74, 6) is -0.957. The zero-order chi connectivity index (χ0) is 40.7. The molecule has 0 heterocycles. The highest BCUT2D eigenvalue weighted by Crippen LogP contribution is 2.38. The molecule has 2 atom stereocenters. The van der Waals surface area contributed by atoms with Gasteiger partial charge in [0, 0.05) is 12.8 Å². The smallest absolute Gasteiger partial charge is 0.306 e. The molecule has 0 aromatic carbocycles. The summed E-state index contributed by atoms with van der Waals surface area (Å²) in [6.45, 7) is 3.91. The van der Waals surface area contributed by atoms with Crippen molar-refractivity contribution in [2.45, 2.75) is 129 Å². The molecule has 0 aliphatic heterocycles. The first kappa shape index (κ1) is 51.9. The van der Waals surface area contributed by atoms with Gasteiger partial charge >= 0.3 is 11.9 Å². The van der Waals surface area contributed by atoms with Crippen molar-refractivity contribution < 1.29 is 42.1 Å². The minimum Gasteiger partial charge on any atom is -0.756 e. The lowest BCUT2D eigenvalue weighted by Crippen LogP contribution is -2.37. The van der Waals surface area contributed by atoms with E-state index in [0.717, 1.165) is 44.9 Å². The molecule has 0 fully saturated rings. The number of nitrogens with zero attached hydrogens (tertiary/aromatic N) is 1. The lowest BCUT2D eigenvalue weighted by molar-refractivity contribution is -0.870. The Balaban J connectivity index is 4.55. The highest BCUT2D eigenvalue weighted by atomic mass is 31.2. The minimum absolute atomic E-state index is 0.0539. The van der Waals surface area contributed by atoms with Gasteiger partial charge in [0.2, 0.25) is 0 Å². The summed E-state index contributed by atoms with van der Waals surface area (Å²) >= 11 is 0. The van der Waals surface area contributed by atoms with Gasteiger partial charge in [-0.25, -0.2) is 0 Å². The van der Waals surface area contributed by atoms with Crippen molar-refractivity contribution >= 4 is 19.8 Å². The molecule has 0 bridgehead atoms. The Morgan fingerprint density at radius 2 is 1.05 bits per heavy atom. The van der Waals surface area contributed by atoms with Crippen LogP contribution >= 0.6 is 7.82 Å². The largest absolute Gasteiger partial charge is 0.756 e. The summed E-state index contributed by atoms with van der Waals surface area (Å²) in [6, 6.07) is 0. The SMILES string of the molecule is CC/C=C/C=C/C=C/C=C/C=C/CCCC(=O)OC(COC(=O)CCCCCCC/C=C/C=C/C=C/CCCCCCC)COP(=O)([O-])OCC[N+](C)(C)C. The van der Waals surface area contributed by atoms with Gasteiger partial charge in [0.05, 0.1) is 27.7 Å². The van der Waals surface area contributed by atoms with Gasteiger partial charge in [0.1, 0.15) is 19.8 Å². The van der Waals surface area contributed by atoms with Gasteiger partial charge < -0.3 is 27.9 Å². The molecule has 0 aliphatic carbocycles. The van der Waals surface area contributed by atoms with E-state index in [1.807, 2.05) is 75.8 Å². The third kappa shape index (κ3) is 40.4. The van der Waals surface area contributed by atoms with Crippen LogP contribution in [0.1, 0.15) is 123 Å². The molecule has 2 unspecified atom stereocenters. The highest BCUT2D eigenvalue weighted by Gasteiger charge is 2.21. The van der Waals surface area contributed by atoms with E-state index in [-0.39, 0.29) is 26.1 Å². The molecule has 0 rings (SSSR count). The lowest BCUT2D eigenvalue weighted by atomic mass is 10.1. The quantitative estimate of drug-likeness (QED) is 0.0205. The molecule has 10 heteroatoms. The van der Waals surface area contributed by atoms with Crippen LogP contribution in [0.5, 0.6) is 0 Å². The van der Waals surface area contributed by atoms with Crippen LogP contribution in [0.15, 0.2) is 97.2 Å². The van der Waals surface area contributed by atoms with Crippen molar-refractivity contribution in [3.05, 3.63) is 97.2 Å². The van der Waals surface area contributed by atoms with E-state index in [9.17, 15) is 19.0 Å². The third-order valence-corrected chi connectivity index (χ3v) is 8.99. The number of quaternary nitrogens is 1. The van der Waals surface area contributed by atoms with Crippen molar-refractivity contribution in [2.24, 2.45) is 0 Å². The second-order valence-corrected chi connectivity index (χ2v) is 15.9. The topological polar surface area (TPSA) is 111 Å². The van der Waals surface area contributed by atoms with Gasteiger partial charge in [0.25, 0.3) is 7.82 Å². The number of likely N-dealkylation sites (N-methyl/N-ethyl adjacent to an activating group) is 1. The average Bonchev–Trinajstić information content (AvgIpc) is 3.13. The van der Waals surface area contributed by atoms with Gasteiger partial charge in [-0.1, -0.05) is 156 Å². The summed E-state index contributed by atoms with van der Waals surface area (Å²) in [6.07, 6.45) is 47.4. The standard InChI is InChI=1S/C45H74NO8P/c1-6-8-10-12-14-16-18-20-21-22-23-24-26-27-29-31-33-35-37-44(47)51-41-43(42-53-55(49,50)52-40-39-46(3,4)5)54-45(48)38-36-34-32-30-28-25-19-17-15-13-11-9-7-2/h9,11,13,15,17-25,28,30,32,43H,6-8,10,12,14,16,26-27,29,31,33-42H2,1-5H3/b11-9+,15-13+,19-17+,20-18+,22-21+,24-23+,28-25+,32-30+. The number of carbonyl (C=O) groups excluding carboxylic acids is 2. The third-order valence-electron chi connectivity index (χ3n) is 8.03. The maximum Gasteiger partial charge on any atom is 0.306 e. The number of phosphoric ester groups is 1. The zero-order valence-corrected chi connectivity index (χ0v) is 35.7. The van der Waals surface area contributed by atoms with Crippen LogP contribution in [0.2, 0.25) is 0 Å². The van der Waals surface area contributed by atoms with E-state index >= 15 is 0 Å². The Bertz CT molecular complexity index is 1260. The first-order valence-electron chi connectivity index (χ1n) is 20.5. The van der Waals surface area contributed by atoms with Crippen LogP contribution in [-0.2, 0) is 32.7 Å². The van der Waals surface area contributed by atoms with Crippen molar-refractivity contribution in [3.63, 3.8) is 0 Å². The van der Waals surface area contributed by atoms with E-state index in [4.69, 9.17) is 18.5 Å². The van der Waals surface area contributed by atoms with Crippen molar-refractivity contribution in [1.82, 2.24) is 0 Å². The molecular formula is C45H74NO8P. The second-order valence-electron chi connectivity index (χ2n) is 14.4. The highest BCUT2D eigenvalue weighted by molar-refractivity contribution is 7.45. The normalized spacial score (nSPS) is 14.7. The molecule has 9 nitrogen and oxygen atoms in total. The summed E-state index contributed by atoms with van der Waals surface area (Å²) in [4.78, 5) is 37.4. The number of carbonyl (C=O) groups is 2. The second kappa shape index (κ2) is 36.6. The number of unbranched alkanes of at least 4 members (excludes halogenated alkanes) is 11. The monoisotopic (exact) mass is 788 g/mol. The van der Waals surface area contributed by atoms with E-state index in [2.05, 4.69) is 56.4 Å². The van der Waals surface area contributed by atoms with Crippen LogP contribution in [-0.4, -0.2) is 70.0 Å². The summed E-state index contributed by atoms with van der Waals surface area (Å²) < 4.78 is 33.7. The molecule has 0 spiro atoms. The lowest BCUT2D eigenvalue weighted by Gasteiger charge is -2.28. The van der Waals surface area contributed by atoms with Crippen LogP contribution < -0.4 is 4.89 Å². The Morgan fingerprint density at radius 3 is 1.60 bits per heavy atom. The number of phosphoric acid groups is 1. The van der Waals surface area contributed by atoms with Crippen LogP contribution in [0.3, 0.4) is 0 Å². The number of hydrogen-bond acceptors (Lipinski definition) is 8. The summed E-state index contributed by atoms with van der Waals surface area (Å²) in [5, 5.41) is 0. The molecular weight excluding hydrogens is 713 g/mol. The Hall–Kier alpha value is -3.07. The fourth-order valence-electron chi connectivity index (χ4n) is 4.80. The minimum atomic E-state index is -4.65. The first-order chi connectivity index (χ1) is 26.5. The molecule has 55 heavy (non-hydrogen) atoms. The van der Waals surface area contributed by atoms with Crippen molar-refractivity contribution in [2.75, 3.05) is 47.5 Å². The first-order valence-corrected chi connectivity index (χ1v) is 22.0. The Kier molecular flexibility index (Phi) is 34.5. The number of rotatable bonds is 35. The number of allylic oxidation sites excluding steroid dienone is 16. The predicted molar refractivity (Wildman–Crippen MR) is 226 cm³/mol. The van der Waals surface area contributed by atoms with E-state index in [1.54, 1.807) is 0 Å². The van der Waals surface area contributed by atoms with Crippen LogP contribution in [0.25, 0.3) is 0 Å². The van der Waals surface area contributed by atoms with E-state index in [1.165, 1.54) is 32.1 Å². The Morgan fingerprint density at radius 1 is 0.582 bits per heavy atom. The molecule has 0 radical (unpaired) electrons. The fourth-order valence-corrected chi connectivity index (χ4v) is 5.53. The Labute approximate surface area is 334 Å². The van der Waals surface area contributed by atoms with E-state index in [0.29, 0.717) is 30.3 Å². The van der Waals surface area contributed by atoms with Crippen molar-refractivity contribution in [3.8, 4) is 0 Å². The van der Waals surface area contributed by atoms with Crippen LogP contribution in [0, 0.1) is 0 Å². The van der Waals surface area contributed by atoms with Crippen molar-refractivity contribution in [1.29, 1.82) is 0 Å². The fraction of sp³-hybridized carbons (Fsp3) is 0.600. The molecule has 0 aromatic heterocycles. The van der Waals surface area contributed by atoms with Gasteiger partial charge in [-0.05, 0) is 51.4 Å². The number of hydrogen-bond donors (Lipinski definition) is 0. The summed E-state index contributed by atoms with van der Waals surface area (Å²) in [5.41, 5.74) is 0. The summed E-state index contributed by atoms with van der Waals surface area (Å²) in [7, 11) is 1.09. The number of ether oxygens (including phenoxy) is 2.